The smallest absolute Gasteiger partial charge is 0.295 e. The molecule has 1 heterocycles. The van der Waals surface area contributed by atoms with Crippen molar-refractivity contribution in [3.8, 4) is 17.1 Å². The summed E-state index contributed by atoms with van der Waals surface area (Å²) in [5, 5.41) is 7.66. The van der Waals surface area contributed by atoms with Crippen LogP contribution < -0.4 is 5.32 Å². The van der Waals surface area contributed by atoms with Gasteiger partial charge in [0, 0.05) is 15.7 Å². The SMILES string of the molecule is Cc1ccc(-c2nc(C(=O)Nc3ccc(Br)cc3C(C)C)nn2-c2ccc(C)cc2C)cc1. The van der Waals surface area contributed by atoms with Gasteiger partial charge in [0.25, 0.3) is 5.91 Å². The Morgan fingerprint density at radius 2 is 1.64 bits per heavy atom. The van der Waals surface area contributed by atoms with Crippen LogP contribution >= 0.6 is 15.9 Å². The van der Waals surface area contributed by atoms with E-state index < -0.39 is 0 Å². The van der Waals surface area contributed by atoms with Crippen LogP contribution in [0.5, 0.6) is 0 Å². The highest BCUT2D eigenvalue weighted by atomic mass is 79.9. The van der Waals surface area contributed by atoms with Gasteiger partial charge in [0.2, 0.25) is 5.82 Å². The molecule has 0 atom stereocenters. The molecule has 4 rings (SSSR count). The second-order valence-corrected chi connectivity index (χ2v) is 9.58. The Morgan fingerprint density at radius 1 is 0.939 bits per heavy atom. The monoisotopic (exact) mass is 502 g/mol. The summed E-state index contributed by atoms with van der Waals surface area (Å²) in [6.07, 6.45) is 0. The van der Waals surface area contributed by atoms with Gasteiger partial charge in [-0.2, -0.15) is 0 Å². The topological polar surface area (TPSA) is 59.8 Å². The van der Waals surface area contributed by atoms with Gasteiger partial charge < -0.3 is 5.32 Å². The quantitative estimate of drug-likeness (QED) is 0.319. The van der Waals surface area contributed by atoms with Crippen molar-refractivity contribution in [3.63, 3.8) is 0 Å². The van der Waals surface area contributed by atoms with Gasteiger partial charge in [-0.3, -0.25) is 4.79 Å². The van der Waals surface area contributed by atoms with Crippen LogP contribution in [0.15, 0.2) is 65.1 Å². The van der Waals surface area contributed by atoms with Crippen LogP contribution in [-0.4, -0.2) is 20.7 Å². The predicted octanol–water partition coefficient (Wildman–Crippen LogP) is 7.00. The summed E-state index contributed by atoms with van der Waals surface area (Å²) < 4.78 is 2.74. The van der Waals surface area contributed by atoms with E-state index in [1.165, 1.54) is 5.56 Å². The number of carbonyl (C=O) groups excluding carboxylic acids is 1. The Kier molecular flexibility index (Phi) is 6.47. The summed E-state index contributed by atoms with van der Waals surface area (Å²) >= 11 is 3.52. The summed E-state index contributed by atoms with van der Waals surface area (Å²) in [7, 11) is 0. The van der Waals surface area contributed by atoms with E-state index in [0.29, 0.717) is 5.82 Å². The first-order valence-corrected chi connectivity index (χ1v) is 11.7. The van der Waals surface area contributed by atoms with Crippen molar-refractivity contribution in [2.24, 2.45) is 0 Å². The largest absolute Gasteiger partial charge is 0.319 e. The Hall–Kier alpha value is -3.25. The number of nitrogens with one attached hydrogen (secondary N) is 1. The second-order valence-electron chi connectivity index (χ2n) is 8.67. The third kappa shape index (κ3) is 4.91. The third-order valence-electron chi connectivity index (χ3n) is 5.58. The molecular formula is C27H27BrN4O. The number of nitrogens with zero attached hydrogens (tertiary/aromatic N) is 3. The molecule has 3 aromatic carbocycles. The first-order chi connectivity index (χ1) is 15.7. The van der Waals surface area contributed by atoms with Gasteiger partial charge in [-0.05, 0) is 62.1 Å². The van der Waals surface area contributed by atoms with Gasteiger partial charge in [0.05, 0.1) is 5.69 Å². The van der Waals surface area contributed by atoms with Crippen LogP contribution in [0.4, 0.5) is 5.69 Å². The molecule has 0 spiro atoms. The number of hydrogen-bond acceptors (Lipinski definition) is 3. The zero-order chi connectivity index (χ0) is 23.7. The molecule has 1 aromatic heterocycles. The average molecular weight is 503 g/mol. The highest BCUT2D eigenvalue weighted by Crippen LogP contribution is 2.29. The van der Waals surface area contributed by atoms with E-state index >= 15 is 0 Å². The lowest BCUT2D eigenvalue weighted by atomic mass is 10.0. The molecule has 6 heteroatoms. The number of anilines is 1. The second kappa shape index (κ2) is 9.32. The fraction of sp³-hybridized carbons (Fsp3) is 0.222. The van der Waals surface area contributed by atoms with Crippen molar-refractivity contribution in [1.82, 2.24) is 14.8 Å². The van der Waals surface area contributed by atoms with E-state index in [4.69, 9.17) is 0 Å². The molecule has 0 unspecified atom stereocenters. The van der Waals surface area contributed by atoms with Crippen LogP contribution in [0, 0.1) is 20.8 Å². The number of aryl methyl sites for hydroxylation is 3. The fourth-order valence-electron chi connectivity index (χ4n) is 3.81. The van der Waals surface area contributed by atoms with Gasteiger partial charge in [-0.15, -0.1) is 5.10 Å². The lowest BCUT2D eigenvalue weighted by Gasteiger charge is -2.13. The number of carbonyl (C=O) groups is 1. The Labute approximate surface area is 203 Å². The number of halogens is 1. The molecule has 168 valence electrons. The maximum absolute atomic E-state index is 13.2. The van der Waals surface area contributed by atoms with E-state index in [9.17, 15) is 4.79 Å². The van der Waals surface area contributed by atoms with Crippen LogP contribution in [0.3, 0.4) is 0 Å². The van der Waals surface area contributed by atoms with E-state index in [0.717, 1.165) is 38.1 Å². The minimum absolute atomic E-state index is 0.128. The van der Waals surface area contributed by atoms with Crippen LogP contribution in [0.2, 0.25) is 0 Å². The molecule has 0 aliphatic carbocycles. The van der Waals surface area contributed by atoms with Gasteiger partial charge in [-0.1, -0.05) is 77.3 Å². The number of benzene rings is 3. The number of rotatable bonds is 5. The Balaban J connectivity index is 1.78. The van der Waals surface area contributed by atoms with Gasteiger partial charge in [-0.25, -0.2) is 9.67 Å². The first-order valence-electron chi connectivity index (χ1n) is 11.0. The van der Waals surface area contributed by atoms with E-state index in [1.54, 1.807) is 4.68 Å². The molecule has 1 amide bonds. The summed E-state index contributed by atoms with van der Waals surface area (Å²) in [6, 6.07) is 20.1. The number of aromatic nitrogens is 3. The van der Waals surface area contributed by atoms with Crippen LogP contribution in [-0.2, 0) is 0 Å². The summed E-state index contributed by atoms with van der Waals surface area (Å²) in [6.45, 7) is 10.3. The maximum atomic E-state index is 13.2. The third-order valence-corrected chi connectivity index (χ3v) is 6.08. The predicted molar refractivity (Wildman–Crippen MR) is 137 cm³/mol. The van der Waals surface area contributed by atoms with Crippen molar-refractivity contribution in [3.05, 3.63) is 93.2 Å². The summed E-state index contributed by atoms with van der Waals surface area (Å²) in [4.78, 5) is 17.9. The van der Waals surface area contributed by atoms with Crippen molar-refractivity contribution < 1.29 is 4.79 Å². The van der Waals surface area contributed by atoms with E-state index in [2.05, 4.69) is 58.2 Å². The standard InChI is InChI=1S/C27H27BrN4O/c1-16(2)22-15-21(28)11-12-23(22)29-27(33)25-30-26(20-9-6-17(3)7-10-20)32(31-25)24-13-8-18(4)14-19(24)5/h6-16H,1-5H3,(H,29,33). The molecule has 0 saturated carbocycles. The summed E-state index contributed by atoms with van der Waals surface area (Å²) in [5.41, 5.74) is 7.00. The zero-order valence-corrected chi connectivity index (χ0v) is 21.1. The molecular weight excluding hydrogens is 476 g/mol. The van der Waals surface area contributed by atoms with Gasteiger partial charge >= 0.3 is 0 Å². The minimum Gasteiger partial charge on any atom is -0.319 e. The van der Waals surface area contributed by atoms with E-state index in [1.807, 2.05) is 68.4 Å². The Bertz CT molecular complexity index is 1320. The van der Waals surface area contributed by atoms with Gasteiger partial charge in [0.15, 0.2) is 5.82 Å². The normalized spacial score (nSPS) is 11.1. The number of amides is 1. The van der Waals surface area contributed by atoms with Crippen LogP contribution in [0.25, 0.3) is 17.1 Å². The van der Waals surface area contributed by atoms with Crippen molar-refractivity contribution in [2.45, 2.75) is 40.5 Å². The summed E-state index contributed by atoms with van der Waals surface area (Å²) in [5.74, 6) is 0.674. The van der Waals surface area contributed by atoms with E-state index in [-0.39, 0.29) is 17.6 Å². The molecule has 33 heavy (non-hydrogen) atoms. The van der Waals surface area contributed by atoms with Gasteiger partial charge in [0.1, 0.15) is 0 Å². The molecule has 0 aliphatic heterocycles. The lowest BCUT2D eigenvalue weighted by Crippen LogP contribution is -2.16. The fourth-order valence-corrected chi connectivity index (χ4v) is 4.19. The molecule has 4 aromatic rings. The molecule has 0 fully saturated rings. The number of hydrogen-bond donors (Lipinski definition) is 1. The average Bonchev–Trinajstić information content (AvgIpc) is 3.20. The molecule has 1 N–H and O–H groups in total. The van der Waals surface area contributed by atoms with Crippen molar-refractivity contribution in [1.29, 1.82) is 0 Å². The van der Waals surface area contributed by atoms with Crippen molar-refractivity contribution in [2.75, 3.05) is 5.32 Å². The molecule has 5 nitrogen and oxygen atoms in total. The highest BCUT2D eigenvalue weighted by Gasteiger charge is 2.21. The minimum atomic E-state index is -0.337. The Morgan fingerprint density at radius 3 is 2.30 bits per heavy atom. The molecule has 0 aliphatic rings. The first kappa shape index (κ1) is 22.9. The molecule has 0 bridgehead atoms. The zero-order valence-electron chi connectivity index (χ0n) is 19.5. The maximum Gasteiger partial charge on any atom is 0.295 e. The molecule has 0 saturated heterocycles. The highest BCUT2D eigenvalue weighted by molar-refractivity contribution is 9.10. The van der Waals surface area contributed by atoms with Crippen molar-refractivity contribution >= 4 is 27.5 Å². The lowest BCUT2D eigenvalue weighted by molar-refractivity contribution is 0.101. The molecule has 0 radical (unpaired) electrons. The van der Waals surface area contributed by atoms with Crippen LogP contribution in [0.1, 0.15) is 52.6 Å².